The Kier molecular flexibility index (Phi) is 6.18. The van der Waals surface area contributed by atoms with Crippen molar-refractivity contribution in [2.45, 2.75) is 0 Å². The second-order valence-electron chi connectivity index (χ2n) is 12.5. The lowest BCUT2D eigenvalue weighted by Crippen LogP contribution is -2.09. The van der Waals surface area contributed by atoms with E-state index in [4.69, 9.17) is 8.83 Å². The standard InChI is InChI=1S/C46H29NO2/c1-2-10-32(11-3-1)47(34-26-22-31(23-27-34)36-15-9-17-41-38-12-4-6-18-43(38)48-45(36)41)33-24-20-30(21-25-33)35-14-8-16-40-37(35)28-29-42-39-13-5-7-19-44(39)49-46(40)42/h1-29H. The lowest BCUT2D eigenvalue weighted by Gasteiger charge is -2.26. The van der Waals surface area contributed by atoms with Crippen molar-refractivity contribution in [2.24, 2.45) is 0 Å². The van der Waals surface area contributed by atoms with Crippen molar-refractivity contribution in [2.75, 3.05) is 4.90 Å². The third-order valence-corrected chi connectivity index (χ3v) is 9.69. The highest BCUT2D eigenvalue weighted by Gasteiger charge is 2.17. The molecule has 230 valence electrons. The van der Waals surface area contributed by atoms with E-state index in [0.717, 1.165) is 83.0 Å². The molecule has 2 heterocycles. The van der Waals surface area contributed by atoms with E-state index in [2.05, 4.69) is 157 Å². The lowest BCUT2D eigenvalue weighted by molar-refractivity contribution is 0.670. The number of para-hydroxylation sites is 4. The summed E-state index contributed by atoms with van der Waals surface area (Å²) in [5, 5.41) is 6.87. The summed E-state index contributed by atoms with van der Waals surface area (Å²) >= 11 is 0. The topological polar surface area (TPSA) is 29.5 Å². The van der Waals surface area contributed by atoms with Crippen LogP contribution in [-0.4, -0.2) is 0 Å². The molecule has 10 aromatic rings. The molecule has 3 heteroatoms. The van der Waals surface area contributed by atoms with Gasteiger partial charge in [0.15, 0.2) is 0 Å². The van der Waals surface area contributed by atoms with Crippen LogP contribution in [0.3, 0.4) is 0 Å². The number of fused-ring (bicyclic) bond motifs is 8. The molecule has 0 atom stereocenters. The molecule has 3 nitrogen and oxygen atoms in total. The first-order valence-electron chi connectivity index (χ1n) is 16.6. The van der Waals surface area contributed by atoms with Crippen LogP contribution in [0.15, 0.2) is 185 Å². The molecule has 0 bridgehead atoms. The van der Waals surface area contributed by atoms with Crippen molar-refractivity contribution in [3.05, 3.63) is 176 Å². The van der Waals surface area contributed by atoms with Gasteiger partial charge in [0.05, 0.1) is 0 Å². The largest absolute Gasteiger partial charge is 0.455 e. The fourth-order valence-electron chi connectivity index (χ4n) is 7.37. The second kappa shape index (κ2) is 11.0. The summed E-state index contributed by atoms with van der Waals surface area (Å²) in [6, 6.07) is 62.0. The summed E-state index contributed by atoms with van der Waals surface area (Å²) < 4.78 is 12.7. The van der Waals surface area contributed by atoms with Crippen LogP contribution in [0.1, 0.15) is 0 Å². The van der Waals surface area contributed by atoms with Gasteiger partial charge in [0.2, 0.25) is 0 Å². The number of furan rings is 2. The molecule has 8 aromatic carbocycles. The summed E-state index contributed by atoms with van der Waals surface area (Å²) in [6.45, 7) is 0. The Labute approximate surface area is 282 Å². The highest BCUT2D eigenvalue weighted by molar-refractivity contribution is 6.17. The minimum absolute atomic E-state index is 0.909. The monoisotopic (exact) mass is 627 g/mol. The van der Waals surface area contributed by atoms with Crippen molar-refractivity contribution >= 4 is 71.7 Å². The summed E-state index contributed by atoms with van der Waals surface area (Å²) in [4.78, 5) is 2.30. The predicted octanol–water partition coefficient (Wildman–Crippen LogP) is 13.4. The summed E-state index contributed by atoms with van der Waals surface area (Å²) in [7, 11) is 0. The van der Waals surface area contributed by atoms with Gasteiger partial charge in [-0.1, -0.05) is 121 Å². The molecule has 0 amide bonds. The smallest absolute Gasteiger partial charge is 0.143 e. The van der Waals surface area contributed by atoms with Gasteiger partial charge in [-0.3, -0.25) is 0 Å². The van der Waals surface area contributed by atoms with Crippen LogP contribution in [0.2, 0.25) is 0 Å². The van der Waals surface area contributed by atoms with Crippen LogP contribution >= 0.6 is 0 Å². The molecule has 0 N–H and O–H groups in total. The first kappa shape index (κ1) is 27.5. The first-order chi connectivity index (χ1) is 24.3. The van der Waals surface area contributed by atoms with Crippen LogP contribution in [0.25, 0.3) is 76.9 Å². The highest BCUT2D eigenvalue weighted by atomic mass is 16.3. The van der Waals surface area contributed by atoms with Gasteiger partial charge in [0.25, 0.3) is 0 Å². The molecular formula is C46H29NO2. The maximum Gasteiger partial charge on any atom is 0.143 e. The Bertz CT molecular complexity index is 2810. The third-order valence-electron chi connectivity index (χ3n) is 9.69. The molecule has 49 heavy (non-hydrogen) atoms. The summed E-state index contributed by atoms with van der Waals surface area (Å²) in [6.07, 6.45) is 0. The van der Waals surface area contributed by atoms with Crippen LogP contribution in [0, 0.1) is 0 Å². The summed E-state index contributed by atoms with van der Waals surface area (Å²) in [5.74, 6) is 0. The van der Waals surface area contributed by atoms with Crippen molar-refractivity contribution in [3.63, 3.8) is 0 Å². The van der Waals surface area contributed by atoms with Crippen LogP contribution < -0.4 is 4.90 Å². The fourth-order valence-corrected chi connectivity index (χ4v) is 7.37. The van der Waals surface area contributed by atoms with E-state index in [9.17, 15) is 0 Å². The first-order valence-corrected chi connectivity index (χ1v) is 16.6. The van der Waals surface area contributed by atoms with E-state index >= 15 is 0 Å². The number of nitrogens with zero attached hydrogens (tertiary/aromatic N) is 1. The van der Waals surface area contributed by atoms with Gasteiger partial charge in [0, 0.05) is 49.6 Å². The van der Waals surface area contributed by atoms with Gasteiger partial charge < -0.3 is 13.7 Å². The minimum atomic E-state index is 0.909. The number of hydrogen-bond acceptors (Lipinski definition) is 3. The van der Waals surface area contributed by atoms with Gasteiger partial charge in [0.1, 0.15) is 22.3 Å². The Morgan fingerprint density at radius 2 is 0.735 bits per heavy atom. The van der Waals surface area contributed by atoms with E-state index in [1.54, 1.807) is 0 Å². The van der Waals surface area contributed by atoms with Crippen LogP contribution in [-0.2, 0) is 0 Å². The zero-order chi connectivity index (χ0) is 32.3. The van der Waals surface area contributed by atoms with Crippen molar-refractivity contribution in [3.8, 4) is 22.3 Å². The maximum atomic E-state index is 6.36. The van der Waals surface area contributed by atoms with Crippen LogP contribution in [0.5, 0.6) is 0 Å². The van der Waals surface area contributed by atoms with E-state index in [-0.39, 0.29) is 0 Å². The van der Waals surface area contributed by atoms with Gasteiger partial charge in [-0.25, -0.2) is 0 Å². The second-order valence-corrected chi connectivity index (χ2v) is 12.5. The Balaban J connectivity index is 1.04. The fraction of sp³-hybridized carbons (Fsp3) is 0. The SMILES string of the molecule is c1ccc(N(c2ccc(-c3cccc4c3ccc3c5ccccc5oc43)cc2)c2ccc(-c3cccc4c3oc3ccccc34)cc2)cc1. The third kappa shape index (κ3) is 4.44. The lowest BCUT2D eigenvalue weighted by atomic mass is 9.96. The van der Waals surface area contributed by atoms with Crippen LogP contribution in [0.4, 0.5) is 17.1 Å². The van der Waals surface area contributed by atoms with E-state index < -0.39 is 0 Å². The Hall–Kier alpha value is -6.58. The number of hydrogen-bond donors (Lipinski definition) is 0. The molecule has 0 spiro atoms. The van der Waals surface area contributed by atoms with Gasteiger partial charge in [-0.2, -0.15) is 0 Å². The van der Waals surface area contributed by atoms with Gasteiger partial charge in [-0.05, 0) is 76.7 Å². The Morgan fingerprint density at radius 3 is 1.39 bits per heavy atom. The molecule has 0 aliphatic rings. The highest BCUT2D eigenvalue weighted by Crippen LogP contribution is 2.41. The molecule has 0 saturated carbocycles. The molecule has 10 rings (SSSR count). The molecule has 0 unspecified atom stereocenters. The average Bonchev–Trinajstić information content (AvgIpc) is 3.75. The van der Waals surface area contributed by atoms with Crippen molar-refractivity contribution in [1.29, 1.82) is 0 Å². The maximum absolute atomic E-state index is 6.36. The number of benzene rings is 8. The van der Waals surface area contributed by atoms with E-state index in [1.165, 1.54) is 10.9 Å². The molecule has 0 aliphatic carbocycles. The van der Waals surface area contributed by atoms with E-state index in [0.29, 0.717) is 0 Å². The normalized spacial score (nSPS) is 11.7. The van der Waals surface area contributed by atoms with Crippen molar-refractivity contribution < 1.29 is 8.83 Å². The molecule has 0 aliphatic heterocycles. The number of rotatable bonds is 5. The molecule has 0 radical (unpaired) electrons. The average molecular weight is 628 g/mol. The molecule has 2 aromatic heterocycles. The predicted molar refractivity (Wildman–Crippen MR) is 204 cm³/mol. The van der Waals surface area contributed by atoms with Gasteiger partial charge >= 0.3 is 0 Å². The zero-order valence-corrected chi connectivity index (χ0v) is 26.5. The molecular weight excluding hydrogens is 599 g/mol. The number of anilines is 3. The minimum Gasteiger partial charge on any atom is -0.455 e. The van der Waals surface area contributed by atoms with E-state index in [1.807, 2.05) is 24.3 Å². The zero-order valence-electron chi connectivity index (χ0n) is 26.5. The summed E-state index contributed by atoms with van der Waals surface area (Å²) in [5.41, 5.74) is 11.5. The van der Waals surface area contributed by atoms with Crippen molar-refractivity contribution in [1.82, 2.24) is 0 Å². The van der Waals surface area contributed by atoms with Gasteiger partial charge in [-0.15, -0.1) is 0 Å². The molecule has 0 fully saturated rings. The molecule has 0 saturated heterocycles. The quantitative estimate of drug-likeness (QED) is 0.190. The Morgan fingerprint density at radius 1 is 0.286 bits per heavy atom.